The molecule has 1 amide bonds. The van der Waals surface area contributed by atoms with Crippen LogP contribution < -0.4 is 10.1 Å². The predicted octanol–water partition coefficient (Wildman–Crippen LogP) is 2.71. The van der Waals surface area contributed by atoms with Crippen molar-refractivity contribution < 1.29 is 26.4 Å². The molecule has 0 radical (unpaired) electrons. The molecule has 0 unspecified atom stereocenters. The number of rotatable bonds is 7. The number of sulfonamides is 2. The second-order valence-corrected chi connectivity index (χ2v) is 12.1. The van der Waals surface area contributed by atoms with Gasteiger partial charge < -0.3 is 10.1 Å². The van der Waals surface area contributed by atoms with Crippen LogP contribution in [-0.2, 0) is 24.8 Å². The van der Waals surface area contributed by atoms with Crippen LogP contribution in [0.3, 0.4) is 0 Å². The molecule has 0 aromatic heterocycles. The van der Waals surface area contributed by atoms with Crippen LogP contribution in [0.1, 0.15) is 5.56 Å². The molecule has 190 valence electrons. The molecule has 3 aromatic rings. The SMILES string of the molecule is COc1ccc(C)cc1NC(=O)[C@H]1CN(S(=O)(=O)c2ccccc2)CCN1S(=O)(=O)c1ccccc1. The van der Waals surface area contributed by atoms with Crippen LogP contribution in [0.4, 0.5) is 5.69 Å². The summed E-state index contributed by atoms with van der Waals surface area (Å²) in [5.74, 6) is -0.262. The van der Waals surface area contributed by atoms with Crippen LogP contribution >= 0.6 is 0 Å². The van der Waals surface area contributed by atoms with E-state index >= 15 is 0 Å². The number of carbonyl (C=O) groups excluding carboxylic acids is 1. The molecule has 0 spiro atoms. The third kappa shape index (κ3) is 5.14. The van der Waals surface area contributed by atoms with E-state index in [1.165, 1.54) is 31.4 Å². The highest BCUT2D eigenvalue weighted by molar-refractivity contribution is 7.89. The van der Waals surface area contributed by atoms with E-state index in [1.54, 1.807) is 48.5 Å². The minimum absolute atomic E-state index is 0.0234. The molecular weight excluding hydrogens is 502 g/mol. The fraction of sp³-hybridized carbons (Fsp3) is 0.240. The van der Waals surface area contributed by atoms with Crippen LogP contribution in [0.5, 0.6) is 5.75 Å². The molecule has 1 fully saturated rings. The quantitative estimate of drug-likeness (QED) is 0.504. The van der Waals surface area contributed by atoms with Crippen LogP contribution in [0.25, 0.3) is 0 Å². The van der Waals surface area contributed by atoms with Gasteiger partial charge in [0, 0.05) is 19.6 Å². The number of methoxy groups -OCH3 is 1. The van der Waals surface area contributed by atoms with E-state index in [0.29, 0.717) is 11.4 Å². The number of aryl methyl sites for hydroxylation is 1. The first-order valence-corrected chi connectivity index (χ1v) is 14.1. The van der Waals surface area contributed by atoms with Gasteiger partial charge in [0.15, 0.2) is 0 Å². The summed E-state index contributed by atoms with van der Waals surface area (Å²) in [6, 6.07) is 19.5. The van der Waals surface area contributed by atoms with E-state index in [1.807, 2.05) is 13.0 Å². The van der Waals surface area contributed by atoms with E-state index < -0.39 is 32.0 Å². The van der Waals surface area contributed by atoms with Gasteiger partial charge in [-0.15, -0.1) is 0 Å². The van der Waals surface area contributed by atoms with Crippen molar-refractivity contribution in [3.8, 4) is 5.75 Å². The normalized spacial score (nSPS) is 17.4. The smallest absolute Gasteiger partial charge is 0.244 e. The number of anilines is 1. The Kier molecular flexibility index (Phi) is 7.46. The Labute approximate surface area is 211 Å². The molecule has 1 N–H and O–H groups in total. The highest BCUT2D eigenvalue weighted by Gasteiger charge is 2.43. The third-order valence-electron chi connectivity index (χ3n) is 5.94. The Bertz CT molecular complexity index is 1450. The maximum atomic E-state index is 13.6. The van der Waals surface area contributed by atoms with Crippen LogP contribution in [0, 0.1) is 6.92 Å². The van der Waals surface area contributed by atoms with Crippen molar-refractivity contribution in [2.75, 3.05) is 32.1 Å². The lowest BCUT2D eigenvalue weighted by Gasteiger charge is -2.39. The number of hydrogen-bond acceptors (Lipinski definition) is 6. The highest BCUT2D eigenvalue weighted by Crippen LogP contribution is 2.29. The molecule has 0 aliphatic carbocycles. The van der Waals surface area contributed by atoms with Gasteiger partial charge in [-0.3, -0.25) is 4.79 Å². The van der Waals surface area contributed by atoms with Gasteiger partial charge in [-0.1, -0.05) is 42.5 Å². The lowest BCUT2D eigenvalue weighted by molar-refractivity contribution is -0.120. The molecule has 1 aliphatic heterocycles. The fourth-order valence-corrected chi connectivity index (χ4v) is 7.12. The first-order chi connectivity index (χ1) is 17.1. The average molecular weight is 530 g/mol. The number of ether oxygens (including phenoxy) is 1. The van der Waals surface area contributed by atoms with Gasteiger partial charge in [-0.05, 0) is 48.9 Å². The molecule has 0 bridgehead atoms. The van der Waals surface area contributed by atoms with Crippen molar-refractivity contribution in [1.29, 1.82) is 0 Å². The van der Waals surface area contributed by atoms with Crippen LogP contribution in [0.15, 0.2) is 88.7 Å². The third-order valence-corrected chi connectivity index (χ3v) is 9.74. The summed E-state index contributed by atoms with van der Waals surface area (Å²) < 4.78 is 61.2. The van der Waals surface area contributed by atoms with Crippen molar-refractivity contribution in [3.63, 3.8) is 0 Å². The van der Waals surface area contributed by atoms with E-state index in [2.05, 4.69) is 5.32 Å². The number of nitrogens with zero attached hydrogens (tertiary/aromatic N) is 2. The molecule has 1 aliphatic rings. The van der Waals surface area contributed by atoms with E-state index in [4.69, 9.17) is 4.74 Å². The Morgan fingerprint density at radius 1 is 0.861 bits per heavy atom. The summed E-state index contributed by atoms with van der Waals surface area (Å²) in [7, 11) is -6.57. The topological polar surface area (TPSA) is 113 Å². The van der Waals surface area contributed by atoms with E-state index in [0.717, 1.165) is 14.2 Å². The Balaban J connectivity index is 1.71. The molecule has 1 saturated heterocycles. The zero-order valence-electron chi connectivity index (χ0n) is 19.9. The number of amides is 1. The van der Waals surface area contributed by atoms with Crippen molar-refractivity contribution in [1.82, 2.24) is 8.61 Å². The minimum Gasteiger partial charge on any atom is -0.495 e. The monoisotopic (exact) mass is 529 g/mol. The minimum atomic E-state index is -4.09. The second kappa shape index (κ2) is 10.4. The molecule has 9 nitrogen and oxygen atoms in total. The summed E-state index contributed by atoms with van der Waals surface area (Å²) in [6.07, 6.45) is 0. The van der Waals surface area contributed by atoms with Gasteiger partial charge in [-0.2, -0.15) is 8.61 Å². The zero-order chi connectivity index (χ0) is 25.9. The summed E-state index contributed by atoms with van der Waals surface area (Å²) in [5.41, 5.74) is 1.22. The fourth-order valence-electron chi connectivity index (χ4n) is 4.07. The largest absolute Gasteiger partial charge is 0.495 e. The number of carbonyl (C=O) groups is 1. The van der Waals surface area contributed by atoms with Gasteiger partial charge in [0.1, 0.15) is 11.8 Å². The Hall–Kier alpha value is -3.25. The number of piperazine rings is 1. The van der Waals surface area contributed by atoms with E-state index in [9.17, 15) is 21.6 Å². The van der Waals surface area contributed by atoms with E-state index in [-0.39, 0.29) is 29.4 Å². The summed E-state index contributed by atoms with van der Waals surface area (Å²) in [4.78, 5) is 13.6. The molecule has 3 aromatic carbocycles. The van der Waals surface area contributed by atoms with Crippen molar-refractivity contribution in [2.24, 2.45) is 0 Å². The number of benzene rings is 3. The van der Waals surface area contributed by atoms with Crippen molar-refractivity contribution >= 4 is 31.6 Å². The van der Waals surface area contributed by atoms with Crippen molar-refractivity contribution in [2.45, 2.75) is 22.8 Å². The molecular formula is C25H27N3O6S2. The molecule has 4 rings (SSSR count). The average Bonchev–Trinajstić information content (AvgIpc) is 2.89. The maximum absolute atomic E-state index is 13.6. The first kappa shape index (κ1) is 25.8. The molecule has 1 heterocycles. The second-order valence-electron chi connectivity index (χ2n) is 8.31. The summed E-state index contributed by atoms with van der Waals surface area (Å²) >= 11 is 0. The summed E-state index contributed by atoms with van der Waals surface area (Å²) in [6.45, 7) is 1.21. The highest BCUT2D eigenvalue weighted by atomic mass is 32.2. The molecule has 0 saturated carbocycles. The van der Waals surface area contributed by atoms with Gasteiger partial charge in [0.25, 0.3) is 0 Å². The van der Waals surface area contributed by atoms with Gasteiger partial charge in [-0.25, -0.2) is 16.8 Å². The van der Waals surface area contributed by atoms with Gasteiger partial charge >= 0.3 is 0 Å². The standard InChI is InChI=1S/C25H27N3O6S2/c1-19-13-14-24(34-2)22(17-19)26-25(29)23-18-27(35(30,31)20-9-5-3-6-10-20)15-16-28(23)36(32,33)21-11-7-4-8-12-21/h3-14,17,23H,15-16,18H2,1-2H3,(H,26,29)/t23-/m1/s1. The summed E-state index contributed by atoms with van der Waals surface area (Å²) in [5, 5.41) is 2.75. The Morgan fingerprint density at radius 2 is 1.44 bits per heavy atom. The van der Waals surface area contributed by atoms with Gasteiger partial charge in [0.05, 0.1) is 22.6 Å². The van der Waals surface area contributed by atoms with Crippen LogP contribution in [0.2, 0.25) is 0 Å². The van der Waals surface area contributed by atoms with Crippen molar-refractivity contribution in [3.05, 3.63) is 84.4 Å². The zero-order valence-corrected chi connectivity index (χ0v) is 21.5. The Morgan fingerprint density at radius 3 is 2.03 bits per heavy atom. The van der Waals surface area contributed by atoms with Crippen LogP contribution in [-0.4, -0.2) is 64.1 Å². The first-order valence-electron chi connectivity index (χ1n) is 11.2. The van der Waals surface area contributed by atoms with Gasteiger partial charge in [0.2, 0.25) is 26.0 Å². The number of hydrogen-bond donors (Lipinski definition) is 1. The lowest BCUT2D eigenvalue weighted by Crippen LogP contribution is -2.60. The lowest BCUT2D eigenvalue weighted by atomic mass is 10.1. The molecule has 11 heteroatoms. The maximum Gasteiger partial charge on any atom is 0.244 e. The molecule has 1 atom stereocenters. The number of nitrogens with one attached hydrogen (secondary N) is 1. The molecule has 36 heavy (non-hydrogen) atoms. The predicted molar refractivity (Wildman–Crippen MR) is 136 cm³/mol.